The Kier molecular flexibility index (Phi) is 7.52. The van der Waals surface area contributed by atoms with Gasteiger partial charge in [-0.1, -0.05) is 26.0 Å². The second-order valence-corrected chi connectivity index (χ2v) is 6.70. The molecule has 1 unspecified atom stereocenters. The molecule has 1 atom stereocenters. The molecule has 1 amide bonds. The van der Waals surface area contributed by atoms with Crippen molar-refractivity contribution in [3.63, 3.8) is 0 Å². The van der Waals surface area contributed by atoms with Gasteiger partial charge in [-0.3, -0.25) is 4.79 Å². The Labute approximate surface area is 139 Å². The molecule has 0 aromatic heterocycles. The topological polar surface area (TPSA) is 73.6 Å². The molecule has 130 valence electrons. The third kappa shape index (κ3) is 6.59. The van der Waals surface area contributed by atoms with Crippen molar-refractivity contribution in [2.75, 3.05) is 20.3 Å². The number of carbonyl (C=O) groups is 1. The molecule has 23 heavy (non-hydrogen) atoms. The molecule has 0 aliphatic heterocycles. The van der Waals surface area contributed by atoms with Crippen LogP contribution in [0.15, 0.2) is 24.3 Å². The number of nitrogens with two attached hydrogens (primary N) is 1. The lowest BCUT2D eigenvalue weighted by atomic mass is 9.94. The maximum atomic E-state index is 12.1. The number of carbonyl (C=O) groups excluding carboxylic acids is 1. The van der Waals surface area contributed by atoms with Crippen molar-refractivity contribution in [3.8, 4) is 5.75 Å². The van der Waals surface area contributed by atoms with E-state index in [1.165, 1.54) is 0 Å². The molecular weight excluding hydrogens is 292 g/mol. The summed E-state index contributed by atoms with van der Waals surface area (Å²) >= 11 is 0. The smallest absolute Gasteiger partial charge is 0.223 e. The molecule has 0 fully saturated rings. The van der Waals surface area contributed by atoms with E-state index in [2.05, 4.69) is 19.2 Å². The van der Waals surface area contributed by atoms with E-state index in [-0.39, 0.29) is 18.4 Å². The van der Waals surface area contributed by atoms with Gasteiger partial charge in [-0.25, -0.2) is 0 Å². The van der Waals surface area contributed by atoms with Gasteiger partial charge in [-0.05, 0) is 37.5 Å². The standard InChI is InChI=1S/C18H30N2O3/c1-13(2)12-23-15-8-6-14(7-9-15)18(3,4)20-17(21)10-16(11-19)22-5/h6-9,13,16H,10-12,19H2,1-5H3,(H,20,21). The van der Waals surface area contributed by atoms with Gasteiger partial charge in [0.15, 0.2) is 0 Å². The molecule has 0 bridgehead atoms. The van der Waals surface area contributed by atoms with Crippen molar-refractivity contribution in [2.45, 2.75) is 45.8 Å². The third-order valence-corrected chi connectivity index (χ3v) is 3.62. The van der Waals surface area contributed by atoms with Crippen LogP contribution in [0, 0.1) is 5.92 Å². The van der Waals surface area contributed by atoms with Crippen LogP contribution < -0.4 is 15.8 Å². The van der Waals surface area contributed by atoms with Crippen LogP contribution in [-0.4, -0.2) is 32.3 Å². The molecule has 5 nitrogen and oxygen atoms in total. The Morgan fingerprint density at radius 2 is 1.87 bits per heavy atom. The van der Waals surface area contributed by atoms with E-state index in [1.54, 1.807) is 7.11 Å². The summed E-state index contributed by atoms with van der Waals surface area (Å²) in [7, 11) is 1.56. The van der Waals surface area contributed by atoms with Gasteiger partial charge in [-0.15, -0.1) is 0 Å². The van der Waals surface area contributed by atoms with Crippen molar-refractivity contribution in [3.05, 3.63) is 29.8 Å². The van der Waals surface area contributed by atoms with Gasteiger partial charge >= 0.3 is 0 Å². The minimum absolute atomic E-state index is 0.0764. The van der Waals surface area contributed by atoms with Crippen LogP contribution in [0.3, 0.4) is 0 Å². The predicted molar refractivity (Wildman–Crippen MR) is 92.4 cm³/mol. The molecule has 0 saturated heterocycles. The zero-order valence-electron chi connectivity index (χ0n) is 14.9. The molecule has 5 heteroatoms. The summed E-state index contributed by atoms with van der Waals surface area (Å²) in [6.45, 7) is 9.19. The fraction of sp³-hybridized carbons (Fsp3) is 0.611. The van der Waals surface area contributed by atoms with Crippen LogP contribution in [0.2, 0.25) is 0 Å². The lowest BCUT2D eigenvalue weighted by molar-refractivity contribution is -0.125. The highest BCUT2D eigenvalue weighted by molar-refractivity contribution is 5.77. The molecule has 1 aromatic rings. The predicted octanol–water partition coefficient (Wildman–Crippen LogP) is 2.44. The summed E-state index contributed by atoms with van der Waals surface area (Å²) in [4.78, 5) is 12.1. The van der Waals surface area contributed by atoms with Crippen LogP contribution in [0.4, 0.5) is 0 Å². The highest BCUT2D eigenvalue weighted by Crippen LogP contribution is 2.23. The van der Waals surface area contributed by atoms with Gasteiger partial charge in [0, 0.05) is 13.7 Å². The number of nitrogens with one attached hydrogen (secondary N) is 1. The first-order valence-corrected chi connectivity index (χ1v) is 8.05. The minimum atomic E-state index is -0.472. The van der Waals surface area contributed by atoms with E-state index in [4.69, 9.17) is 15.2 Å². The monoisotopic (exact) mass is 322 g/mol. The van der Waals surface area contributed by atoms with Crippen LogP contribution in [-0.2, 0) is 15.1 Å². The first-order valence-electron chi connectivity index (χ1n) is 8.05. The highest BCUT2D eigenvalue weighted by Gasteiger charge is 2.24. The summed E-state index contributed by atoms with van der Waals surface area (Å²) in [6.07, 6.45) is 0.00375. The number of amides is 1. The van der Waals surface area contributed by atoms with E-state index in [0.29, 0.717) is 19.1 Å². The molecule has 0 radical (unpaired) electrons. The van der Waals surface area contributed by atoms with Gasteiger partial charge in [0.1, 0.15) is 5.75 Å². The number of rotatable bonds is 9. The van der Waals surface area contributed by atoms with Gasteiger partial charge in [0.25, 0.3) is 0 Å². The molecule has 0 spiro atoms. The fourth-order valence-corrected chi connectivity index (χ4v) is 2.17. The lowest BCUT2D eigenvalue weighted by Gasteiger charge is -2.28. The quantitative estimate of drug-likeness (QED) is 0.732. The van der Waals surface area contributed by atoms with Crippen molar-refractivity contribution < 1.29 is 14.3 Å². The summed E-state index contributed by atoms with van der Waals surface area (Å²) in [5.74, 6) is 1.25. The SMILES string of the molecule is COC(CN)CC(=O)NC(C)(C)c1ccc(OCC(C)C)cc1. The van der Waals surface area contributed by atoms with Gasteiger partial charge in [-0.2, -0.15) is 0 Å². The number of benzene rings is 1. The minimum Gasteiger partial charge on any atom is -0.493 e. The van der Waals surface area contributed by atoms with E-state index >= 15 is 0 Å². The Hall–Kier alpha value is -1.59. The molecule has 0 heterocycles. The average Bonchev–Trinajstić information content (AvgIpc) is 2.50. The van der Waals surface area contributed by atoms with Crippen LogP contribution >= 0.6 is 0 Å². The van der Waals surface area contributed by atoms with Crippen molar-refractivity contribution in [2.24, 2.45) is 11.7 Å². The second kappa shape index (κ2) is 8.89. The van der Waals surface area contributed by atoms with Gasteiger partial charge in [0.2, 0.25) is 5.91 Å². The average molecular weight is 322 g/mol. The molecule has 0 saturated carbocycles. The Morgan fingerprint density at radius 1 is 1.26 bits per heavy atom. The van der Waals surface area contributed by atoms with Crippen molar-refractivity contribution >= 4 is 5.91 Å². The zero-order chi connectivity index (χ0) is 17.5. The van der Waals surface area contributed by atoms with E-state index in [0.717, 1.165) is 11.3 Å². The lowest BCUT2D eigenvalue weighted by Crippen LogP contribution is -2.43. The largest absolute Gasteiger partial charge is 0.493 e. The maximum absolute atomic E-state index is 12.1. The molecular formula is C18H30N2O3. The van der Waals surface area contributed by atoms with Crippen molar-refractivity contribution in [1.82, 2.24) is 5.32 Å². The second-order valence-electron chi connectivity index (χ2n) is 6.70. The van der Waals surface area contributed by atoms with Crippen molar-refractivity contribution in [1.29, 1.82) is 0 Å². The Balaban J connectivity index is 2.66. The maximum Gasteiger partial charge on any atom is 0.223 e. The van der Waals surface area contributed by atoms with Crippen LogP contribution in [0.1, 0.15) is 39.7 Å². The highest BCUT2D eigenvalue weighted by atomic mass is 16.5. The number of hydrogen-bond donors (Lipinski definition) is 2. The first-order chi connectivity index (χ1) is 10.8. The summed E-state index contributed by atoms with van der Waals surface area (Å²) in [5.41, 5.74) is 6.10. The molecule has 1 rings (SSSR count). The molecule has 1 aromatic carbocycles. The van der Waals surface area contributed by atoms with Crippen LogP contribution in [0.5, 0.6) is 5.75 Å². The Morgan fingerprint density at radius 3 is 2.35 bits per heavy atom. The normalized spacial score (nSPS) is 13.0. The molecule has 0 aliphatic rings. The summed E-state index contributed by atoms with van der Waals surface area (Å²) in [5, 5.41) is 3.03. The van der Waals surface area contributed by atoms with Gasteiger partial charge in [0.05, 0.1) is 24.7 Å². The fourth-order valence-electron chi connectivity index (χ4n) is 2.17. The summed E-state index contributed by atoms with van der Waals surface area (Å²) in [6, 6.07) is 7.83. The third-order valence-electron chi connectivity index (χ3n) is 3.62. The number of methoxy groups -OCH3 is 1. The Bertz CT molecular complexity index is 480. The molecule has 3 N–H and O–H groups in total. The number of ether oxygens (including phenoxy) is 2. The first kappa shape index (κ1) is 19.5. The van der Waals surface area contributed by atoms with E-state index in [1.807, 2.05) is 38.1 Å². The van der Waals surface area contributed by atoms with Crippen LogP contribution in [0.25, 0.3) is 0 Å². The number of hydrogen-bond acceptors (Lipinski definition) is 4. The van der Waals surface area contributed by atoms with E-state index in [9.17, 15) is 4.79 Å². The van der Waals surface area contributed by atoms with Gasteiger partial charge < -0.3 is 20.5 Å². The summed E-state index contributed by atoms with van der Waals surface area (Å²) < 4.78 is 10.8. The van der Waals surface area contributed by atoms with E-state index < -0.39 is 5.54 Å². The zero-order valence-corrected chi connectivity index (χ0v) is 14.9. The molecule has 0 aliphatic carbocycles.